The molecule has 0 radical (unpaired) electrons. The molecule has 2 heterocycles. The Bertz CT molecular complexity index is 1000. The number of carbonyl (C=O) groups is 2. The van der Waals surface area contributed by atoms with Crippen LogP contribution in [0, 0.1) is 13.8 Å². The number of Topliss-reactive ketones (excluding diaryl/α,β-unsaturated/α-hetero) is 1. The number of aryl methyl sites for hydroxylation is 2. The van der Waals surface area contributed by atoms with Gasteiger partial charge in [-0.05, 0) is 33.8 Å². The number of nitrogens with zero attached hydrogens (tertiary/aromatic N) is 3. The van der Waals surface area contributed by atoms with Crippen molar-refractivity contribution in [2.75, 3.05) is 6.61 Å². The average molecular weight is 395 g/mol. The molecule has 7 nitrogen and oxygen atoms in total. The normalized spacial score (nSPS) is 11.1. The van der Waals surface area contributed by atoms with Crippen molar-refractivity contribution in [3.63, 3.8) is 0 Å². The van der Waals surface area contributed by atoms with Crippen LogP contribution in [-0.4, -0.2) is 33.1 Å². The molecule has 0 saturated heterocycles. The maximum Gasteiger partial charge on any atom is 0.306 e. The van der Waals surface area contributed by atoms with Gasteiger partial charge in [-0.3, -0.25) is 9.59 Å². The second-order valence-corrected chi connectivity index (χ2v) is 7.21. The quantitative estimate of drug-likeness (QED) is 0.422. The van der Waals surface area contributed by atoms with Crippen LogP contribution in [0.4, 0.5) is 0 Å². The van der Waals surface area contributed by atoms with E-state index in [1.54, 1.807) is 0 Å². The van der Waals surface area contributed by atoms with Crippen molar-refractivity contribution in [1.82, 2.24) is 14.7 Å². The second-order valence-electron chi connectivity index (χ2n) is 7.21. The summed E-state index contributed by atoms with van der Waals surface area (Å²) >= 11 is 0. The van der Waals surface area contributed by atoms with Crippen LogP contribution in [-0.2, 0) is 16.0 Å². The molecule has 0 saturated carbocycles. The summed E-state index contributed by atoms with van der Waals surface area (Å²) in [6, 6.07) is 11.5. The standard InChI is InChI=1S/C22H25N3O4/c1-14(2)25-15(3)12-18(16(25)4)19(26)13-28-21(27)11-10-20-23-22(24-29-20)17-8-6-5-7-9-17/h5-9,12,14H,10-11,13H2,1-4H3. The van der Waals surface area contributed by atoms with Crippen LogP contribution in [0.2, 0.25) is 0 Å². The summed E-state index contributed by atoms with van der Waals surface area (Å²) in [6.07, 6.45) is 0.323. The number of benzene rings is 1. The fraction of sp³-hybridized carbons (Fsp3) is 0.364. The van der Waals surface area contributed by atoms with Crippen molar-refractivity contribution in [1.29, 1.82) is 0 Å². The van der Waals surface area contributed by atoms with Gasteiger partial charge in [0.2, 0.25) is 17.5 Å². The lowest BCUT2D eigenvalue weighted by Crippen LogP contribution is -2.15. The van der Waals surface area contributed by atoms with E-state index in [1.165, 1.54) is 0 Å². The highest BCUT2D eigenvalue weighted by molar-refractivity contribution is 5.99. The maximum absolute atomic E-state index is 12.5. The van der Waals surface area contributed by atoms with E-state index in [-0.39, 0.29) is 31.3 Å². The molecule has 0 fully saturated rings. The first kappa shape index (κ1) is 20.5. The largest absolute Gasteiger partial charge is 0.457 e. The van der Waals surface area contributed by atoms with Gasteiger partial charge in [0.05, 0.1) is 6.42 Å². The Hall–Kier alpha value is -3.22. The molecule has 152 valence electrons. The minimum atomic E-state index is -0.476. The van der Waals surface area contributed by atoms with E-state index in [1.807, 2.05) is 50.2 Å². The molecule has 0 N–H and O–H groups in total. The lowest BCUT2D eigenvalue weighted by molar-refractivity contribution is -0.142. The monoisotopic (exact) mass is 395 g/mol. The number of aromatic nitrogens is 3. The Morgan fingerprint density at radius 2 is 1.90 bits per heavy atom. The molecule has 0 atom stereocenters. The summed E-state index contributed by atoms with van der Waals surface area (Å²) in [7, 11) is 0. The van der Waals surface area contributed by atoms with Crippen LogP contribution in [0.3, 0.4) is 0 Å². The van der Waals surface area contributed by atoms with E-state index < -0.39 is 5.97 Å². The fourth-order valence-electron chi connectivity index (χ4n) is 3.42. The lowest BCUT2D eigenvalue weighted by Gasteiger charge is -2.13. The smallest absolute Gasteiger partial charge is 0.306 e. The van der Waals surface area contributed by atoms with Crippen molar-refractivity contribution in [3.05, 3.63) is 59.2 Å². The number of ketones is 1. The first-order chi connectivity index (χ1) is 13.9. The van der Waals surface area contributed by atoms with Crippen molar-refractivity contribution in [2.45, 2.75) is 46.6 Å². The lowest BCUT2D eigenvalue weighted by atomic mass is 10.1. The number of ether oxygens (including phenoxy) is 1. The van der Waals surface area contributed by atoms with Crippen LogP contribution in [0.15, 0.2) is 40.9 Å². The third-order valence-electron chi connectivity index (χ3n) is 4.71. The van der Waals surface area contributed by atoms with Crippen molar-refractivity contribution >= 4 is 11.8 Å². The number of hydrogen-bond acceptors (Lipinski definition) is 6. The topological polar surface area (TPSA) is 87.2 Å². The van der Waals surface area contributed by atoms with Gasteiger partial charge >= 0.3 is 5.97 Å². The van der Waals surface area contributed by atoms with Crippen molar-refractivity contribution in [3.8, 4) is 11.4 Å². The zero-order valence-electron chi connectivity index (χ0n) is 17.1. The Morgan fingerprint density at radius 1 is 1.17 bits per heavy atom. The van der Waals surface area contributed by atoms with Gasteiger partial charge in [-0.1, -0.05) is 35.5 Å². The van der Waals surface area contributed by atoms with Gasteiger partial charge in [0.15, 0.2) is 6.61 Å². The first-order valence-electron chi connectivity index (χ1n) is 9.62. The molecule has 0 aliphatic rings. The molecule has 3 aromatic rings. The van der Waals surface area contributed by atoms with Gasteiger partial charge < -0.3 is 13.8 Å². The molecule has 0 spiro atoms. The number of rotatable bonds is 8. The molecule has 2 aromatic heterocycles. The fourth-order valence-corrected chi connectivity index (χ4v) is 3.42. The summed E-state index contributed by atoms with van der Waals surface area (Å²) < 4.78 is 12.4. The van der Waals surface area contributed by atoms with Crippen molar-refractivity contribution in [2.24, 2.45) is 0 Å². The van der Waals surface area contributed by atoms with Gasteiger partial charge in [0.1, 0.15) is 0 Å². The highest BCUT2D eigenvalue weighted by atomic mass is 16.5. The summed E-state index contributed by atoms with van der Waals surface area (Å²) in [5.41, 5.74) is 3.33. The molecule has 0 aliphatic heterocycles. The van der Waals surface area contributed by atoms with E-state index in [0.29, 0.717) is 17.3 Å². The summed E-state index contributed by atoms with van der Waals surface area (Å²) in [5.74, 6) is 0.148. The molecule has 0 bridgehead atoms. The molecule has 3 rings (SSSR count). The Labute approximate surface area is 169 Å². The zero-order valence-corrected chi connectivity index (χ0v) is 17.1. The van der Waals surface area contributed by atoms with E-state index in [4.69, 9.17) is 9.26 Å². The molecule has 29 heavy (non-hydrogen) atoms. The molecular weight excluding hydrogens is 370 g/mol. The molecule has 0 aliphatic carbocycles. The molecule has 1 aromatic carbocycles. The van der Waals surface area contributed by atoms with Crippen molar-refractivity contribution < 1.29 is 18.8 Å². The molecule has 0 unspecified atom stereocenters. The number of esters is 1. The van der Waals surface area contributed by atoms with Crippen LogP contribution < -0.4 is 0 Å². The Kier molecular flexibility index (Phi) is 6.26. The number of carbonyl (C=O) groups excluding carboxylic acids is 2. The minimum Gasteiger partial charge on any atom is -0.457 e. The summed E-state index contributed by atoms with van der Waals surface area (Å²) in [5, 5.41) is 3.92. The van der Waals surface area contributed by atoms with Crippen LogP contribution in [0.25, 0.3) is 11.4 Å². The Balaban J connectivity index is 1.51. The van der Waals surface area contributed by atoms with Gasteiger partial charge in [0, 0.05) is 35.0 Å². The Morgan fingerprint density at radius 3 is 2.55 bits per heavy atom. The predicted octanol–water partition coefficient (Wildman–Crippen LogP) is 4.09. The third-order valence-corrected chi connectivity index (χ3v) is 4.71. The zero-order chi connectivity index (χ0) is 21.0. The second kappa shape index (κ2) is 8.86. The van der Waals surface area contributed by atoms with Gasteiger partial charge in [0.25, 0.3) is 0 Å². The van der Waals surface area contributed by atoms with E-state index in [9.17, 15) is 9.59 Å². The number of hydrogen-bond donors (Lipinski definition) is 0. The van der Waals surface area contributed by atoms with Crippen LogP contribution >= 0.6 is 0 Å². The van der Waals surface area contributed by atoms with Crippen LogP contribution in [0.1, 0.15) is 53.9 Å². The highest BCUT2D eigenvalue weighted by Crippen LogP contribution is 2.21. The molecular formula is C22H25N3O4. The SMILES string of the molecule is Cc1cc(C(=O)COC(=O)CCc2nc(-c3ccccc3)no2)c(C)n1C(C)C. The predicted molar refractivity (Wildman–Crippen MR) is 108 cm³/mol. The maximum atomic E-state index is 12.5. The summed E-state index contributed by atoms with van der Waals surface area (Å²) in [4.78, 5) is 28.8. The highest BCUT2D eigenvalue weighted by Gasteiger charge is 2.19. The average Bonchev–Trinajstić information content (AvgIpc) is 3.29. The molecule has 7 heteroatoms. The summed E-state index contributed by atoms with van der Waals surface area (Å²) in [6.45, 7) is 7.72. The third kappa shape index (κ3) is 4.80. The first-order valence-corrected chi connectivity index (χ1v) is 9.62. The van der Waals surface area contributed by atoms with E-state index in [0.717, 1.165) is 17.0 Å². The van der Waals surface area contributed by atoms with Gasteiger partial charge in [-0.15, -0.1) is 0 Å². The van der Waals surface area contributed by atoms with Gasteiger partial charge in [-0.2, -0.15) is 4.98 Å². The minimum absolute atomic E-state index is 0.0642. The van der Waals surface area contributed by atoms with E-state index >= 15 is 0 Å². The van der Waals surface area contributed by atoms with Crippen LogP contribution in [0.5, 0.6) is 0 Å². The van der Waals surface area contributed by atoms with Gasteiger partial charge in [-0.25, -0.2) is 0 Å². The van der Waals surface area contributed by atoms with E-state index in [2.05, 4.69) is 28.6 Å². The molecule has 0 amide bonds.